The van der Waals surface area contributed by atoms with Crippen LogP contribution in [0.25, 0.3) is 28.0 Å². The first-order chi connectivity index (χ1) is 19.2. The van der Waals surface area contributed by atoms with Crippen LogP contribution in [-0.4, -0.2) is 55.5 Å². The zero-order valence-electron chi connectivity index (χ0n) is 22.4. The van der Waals surface area contributed by atoms with Crippen molar-refractivity contribution in [3.63, 3.8) is 0 Å². The van der Waals surface area contributed by atoms with Gasteiger partial charge in [0.1, 0.15) is 11.6 Å². The van der Waals surface area contributed by atoms with Crippen LogP contribution in [0.2, 0.25) is 5.02 Å². The molecule has 0 unspecified atom stereocenters. The molecule has 1 amide bonds. The lowest BCUT2D eigenvalue weighted by molar-refractivity contribution is -0.127. The normalized spacial score (nSPS) is 18.2. The fourth-order valence-corrected chi connectivity index (χ4v) is 6.22. The number of nitrogens with zero attached hydrogens (tertiary/aromatic N) is 6. The van der Waals surface area contributed by atoms with Gasteiger partial charge in [0.25, 0.3) is 0 Å². The second-order valence-electron chi connectivity index (χ2n) is 10.6. The molecule has 3 aromatic heterocycles. The predicted octanol–water partition coefficient (Wildman–Crippen LogP) is 5.04. The minimum atomic E-state index is -0.517. The lowest BCUT2D eigenvalue weighted by atomic mass is 10.0. The van der Waals surface area contributed by atoms with Crippen LogP contribution in [-0.2, 0) is 4.79 Å². The fourth-order valence-electron chi connectivity index (χ4n) is 5.97. The highest BCUT2D eigenvalue weighted by molar-refractivity contribution is 6.33. The lowest BCUT2D eigenvalue weighted by Gasteiger charge is -2.35. The number of halogens is 2. The third-order valence-corrected chi connectivity index (χ3v) is 8.11. The van der Waals surface area contributed by atoms with Gasteiger partial charge < -0.3 is 9.80 Å². The molecule has 2 saturated heterocycles. The standard InChI is InChI=1S/C30H28ClFN6O2/c1-5-24(39)36-14-19-12-18(36)15-37(19)28-21-13-22(31)26(20-8-6-7-9-23(20)32)34-29(21)38(30(40)35-28)27-17(4)10-11-33-25(27)16(2)3/h5-11,13,16,18-19H,1,12,14-15H2,2-4H3/t18-,19-/m1/s1. The molecule has 0 saturated carbocycles. The number of pyridine rings is 2. The average Bonchev–Trinajstić information content (AvgIpc) is 3.54. The number of aromatic nitrogens is 4. The van der Waals surface area contributed by atoms with Crippen molar-refractivity contribution in [2.75, 3.05) is 18.0 Å². The van der Waals surface area contributed by atoms with E-state index in [-0.39, 0.29) is 40.2 Å². The van der Waals surface area contributed by atoms with Crippen molar-refractivity contribution in [2.45, 2.75) is 45.2 Å². The summed E-state index contributed by atoms with van der Waals surface area (Å²) < 4.78 is 16.4. The molecule has 2 atom stereocenters. The molecule has 0 spiro atoms. The SMILES string of the molecule is C=CC(=O)N1C[C@H]2C[C@@H]1CN2c1nc(=O)n(-c2c(C)ccnc2C(C)C)c2nc(-c3ccccc3F)c(Cl)cc12. The van der Waals surface area contributed by atoms with Gasteiger partial charge in [-0.1, -0.05) is 44.2 Å². The molecule has 40 heavy (non-hydrogen) atoms. The summed E-state index contributed by atoms with van der Waals surface area (Å²) in [6.07, 6.45) is 3.81. The summed E-state index contributed by atoms with van der Waals surface area (Å²) in [5.74, 6) is -0.106. The molecule has 2 fully saturated rings. The van der Waals surface area contributed by atoms with E-state index in [2.05, 4.69) is 21.4 Å². The average molecular weight is 559 g/mol. The summed E-state index contributed by atoms with van der Waals surface area (Å²) in [4.78, 5) is 44.2. The van der Waals surface area contributed by atoms with Crippen molar-refractivity contribution in [3.8, 4) is 16.9 Å². The van der Waals surface area contributed by atoms with Gasteiger partial charge in [-0.2, -0.15) is 4.98 Å². The molecular formula is C30H28ClFN6O2. The largest absolute Gasteiger partial charge is 0.355 e. The van der Waals surface area contributed by atoms with E-state index in [4.69, 9.17) is 16.6 Å². The predicted molar refractivity (Wildman–Crippen MR) is 154 cm³/mol. The summed E-state index contributed by atoms with van der Waals surface area (Å²) in [6.45, 7) is 10.6. The van der Waals surface area contributed by atoms with E-state index < -0.39 is 11.5 Å². The second-order valence-corrected chi connectivity index (χ2v) is 11.0. The smallest absolute Gasteiger partial charge is 0.349 e. The number of hydrogen-bond donors (Lipinski definition) is 0. The molecule has 2 aliphatic rings. The fraction of sp³-hybridized carbons (Fsp3) is 0.300. The Hall–Kier alpha value is -4.11. The molecule has 10 heteroatoms. The second kappa shape index (κ2) is 9.82. The van der Waals surface area contributed by atoms with Gasteiger partial charge in [0.15, 0.2) is 5.65 Å². The monoisotopic (exact) mass is 558 g/mol. The van der Waals surface area contributed by atoms with E-state index in [1.165, 1.54) is 16.7 Å². The van der Waals surface area contributed by atoms with Crippen LogP contribution in [0.1, 0.15) is 37.4 Å². The zero-order valence-corrected chi connectivity index (χ0v) is 23.2. The van der Waals surface area contributed by atoms with Gasteiger partial charge in [0.05, 0.1) is 39.6 Å². The topological polar surface area (TPSA) is 84.2 Å². The highest BCUT2D eigenvalue weighted by Gasteiger charge is 2.46. The number of carbonyl (C=O) groups is 1. The molecule has 6 rings (SSSR count). The first-order valence-corrected chi connectivity index (χ1v) is 13.6. The Bertz CT molecular complexity index is 1750. The number of hydrogen-bond acceptors (Lipinski definition) is 6. The zero-order chi connectivity index (χ0) is 28.3. The molecule has 2 bridgehead atoms. The Balaban J connectivity index is 1.62. The Kier molecular flexibility index (Phi) is 6.41. The number of benzene rings is 1. The summed E-state index contributed by atoms with van der Waals surface area (Å²) in [7, 11) is 0. The lowest BCUT2D eigenvalue weighted by Crippen LogP contribution is -2.49. The van der Waals surface area contributed by atoms with Gasteiger partial charge in [-0.25, -0.2) is 18.7 Å². The van der Waals surface area contributed by atoms with Gasteiger partial charge in [-0.3, -0.25) is 9.78 Å². The van der Waals surface area contributed by atoms with Gasteiger partial charge in [-0.05, 0) is 55.2 Å². The molecule has 204 valence electrons. The highest BCUT2D eigenvalue weighted by Crippen LogP contribution is 2.39. The first kappa shape index (κ1) is 26.1. The number of piperazine rings is 1. The van der Waals surface area contributed by atoms with Crippen LogP contribution in [0.15, 0.2) is 60.0 Å². The Morgan fingerprint density at radius 3 is 2.62 bits per heavy atom. The number of fused-ring (bicyclic) bond motifs is 3. The van der Waals surface area contributed by atoms with Crippen LogP contribution >= 0.6 is 11.6 Å². The number of anilines is 1. The van der Waals surface area contributed by atoms with Crippen molar-refractivity contribution < 1.29 is 9.18 Å². The van der Waals surface area contributed by atoms with Gasteiger partial charge >= 0.3 is 5.69 Å². The van der Waals surface area contributed by atoms with Crippen molar-refractivity contribution in [1.29, 1.82) is 0 Å². The maximum atomic E-state index is 14.9. The maximum Gasteiger partial charge on any atom is 0.355 e. The summed E-state index contributed by atoms with van der Waals surface area (Å²) in [6, 6.07) is 9.80. The van der Waals surface area contributed by atoms with Crippen LogP contribution in [0.5, 0.6) is 0 Å². The Morgan fingerprint density at radius 2 is 1.95 bits per heavy atom. The molecule has 5 heterocycles. The molecule has 0 N–H and O–H groups in total. The summed E-state index contributed by atoms with van der Waals surface area (Å²) >= 11 is 6.76. The molecule has 0 aliphatic carbocycles. The van der Waals surface area contributed by atoms with Crippen molar-refractivity contribution >= 4 is 34.4 Å². The van der Waals surface area contributed by atoms with Crippen molar-refractivity contribution in [3.05, 3.63) is 87.8 Å². The van der Waals surface area contributed by atoms with Crippen LogP contribution < -0.4 is 10.6 Å². The van der Waals surface area contributed by atoms with Crippen LogP contribution in [0, 0.1) is 12.7 Å². The van der Waals surface area contributed by atoms with Crippen LogP contribution in [0.4, 0.5) is 10.2 Å². The van der Waals surface area contributed by atoms with E-state index >= 15 is 0 Å². The molecule has 1 aromatic carbocycles. The summed E-state index contributed by atoms with van der Waals surface area (Å²) in [5, 5.41) is 0.808. The van der Waals surface area contributed by atoms with Gasteiger partial charge in [-0.15, -0.1) is 0 Å². The Labute approximate surface area is 235 Å². The number of likely N-dealkylation sites (tertiary alicyclic amines) is 1. The van der Waals surface area contributed by atoms with Crippen LogP contribution in [0.3, 0.4) is 0 Å². The minimum absolute atomic E-state index is 0.0102. The number of rotatable bonds is 5. The van der Waals surface area contributed by atoms with E-state index in [9.17, 15) is 14.0 Å². The number of amides is 1. The molecule has 4 aromatic rings. The quantitative estimate of drug-likeness (QED) is 0.319. The van der Waals surface area contributed by atoms with E-state index in [0.717, 1.165) is 17.7 Å². The third kappa shape index (κ3) is 4.07. The molecule has 0 radical (unpaired) electrons. The third-order valence-electron chi connectivity index (χ3n) is 7.83. The maximum absolute atomic E-state index is 14.9. The highest BCUT2D eigenvalue weighted by atomic mass is 35.5. The summed E-state index contributed by atoms with van der Waals surface area (Å²) in [5.41, 5.74) is 2.43. The molecule has 8 nitrogen and oxygen atoms in total. The minimum Gasteiger partial charge on any atom is -0.349 e. The van der Waals surface area contributed by atoms with E-state index in [1.54, 1.807) is 30.5 Å². The first-order valence-electron chi connectivity index (χ1n) is 13.2. The molecular weight excluding hydrogens is 531 g/mol. The van der Waals surface area contributed by atoms with Crippen molar-refractivity contribution in [2.24, 2.45) is 0 Å². The van der Waals surface area contributed by atoms with E-state index in [1.807, 2.05) is 31.7 Å². The number of aryl methyl sites for hydroxylation is 1. The Morgan fingerprint density at radius 1 is 1.18 bits per heavy atom. The van der Waals surface area contributed by atoms with Gasteiger partial charge in [0, 0.05) is 24.8 Å². The van der Waals surface area contributed by atoms with E-state index in [0.29, 0.717) is 35.6 Å². The number of carbonyl (C=O) groups excluding carboxylic acids is 1. The van der Waals surface area contributed by atoms with Crippen molar-refractivity contribution in [1.82, 2.24) is 24.4 Å². The molecule has 2 aliphatic heterocycles. The van der Waals surface area contributed by atoms with Gasteiger partial charge in [0.2, 0.25) is 5.91 Å².